The van der Waals surface area contributed by atoms with Crippen LogP contribution in [0, 0.1) is 6.92 Å². The summed E-state index contributed by atoms with van der Waals surface area (Å²) < 4.78 is 5.05. The second-order valence-electron chi connectivity index (χ2n) is 4.71. The number of rotatable bonds is 6. The SMILES string of the molecule is CCCNc1nc(NCc2cc(C)on2)c2[nH]cnc2n1. The molecule has 3 heterocycles. The summed E-state index contributed by atoms with van der Waals surface area (Å²) in [5, 5.41) is 10.4. The molecule has 3 rings (SSSR count). The molecule has 0 aliphatic carbocycles. The second kappa shape index (κ2) is 5.78. The Labute approximate surface area is 121 Å². The first kappa shape index (κ1) is 13.3. The minimum absolute atomic E-state index is 0.524. The van der Waals surface area contributed by atoms with Crippen molar-refractivity contribution in [1.82, 2.24) is 25.1 Å². The molecule has 21 heavy (non-hydrogen) atoms. The van der Waals surface area contributed by atoms with Crippen molar-refractivity contribution in [3.63, 3.8) is 0 Å². The highest BCUT2D eigenvalue weighted by Gasteiger charge is 2.10. The number of nitrogens with zero attached hydrogens (tertiary/aromatic N) is 4. The number of anilines is 2. The van der Waals surface area contributed by atoms with Crippen molar-refractivity contribution in [2.75, 3.05) is 17.2 Å². The fourth-order valence-corrected chi connectivity index (χ4v) is 1.95. The third-order valence-corrected chi connectivity index (χ3v) is 2.93. The van der Waals surface area contributed by atoms with Gasteiger partial charge in [-0.3, -0.25) is 0 Å². The van der Waals surface area contributed by atoms with Gasteiger partial charge in [0.1, 0.15) is 17.0 Å². The first-order chi connectivity index (χ1) is 10.3. The van der Waals surface area contributed by atoms with Crippen LogP contribution in [0.2, 0.25) is 0 Å². The molecule has 0 aromatic carbocycles. The maximum absolute atomic E-state index is 5.05. The maximum Gasteiger partial charge on any atom is 0.226 e. The molecule has 0 unspecified atom stereocenters. The molecule has 0 radical (unpaired) electrons. The van der Waals surface area contributed by atoms with E-state index in [1.165, 1.54) is 0 Å². The number of aromatic nitrogens is 5. The lowest BCUT2D eigenvalue weighted by Crippen LogP contribution is -2.08. The van der Waals surface area contributed by atoms with Crippen molar-refractivity contribution < 1.29 is 4.52 Å². The number of nitrogens with one attached hydrogen (secondary N) is 3. The summed E-state index contributed by atoms with van der Waals surface area (Å²) >= 11 is 0. The molecule has 8 heteroatoms. The number of aromatic amines is 1. The van der Waals surface area contributed by atoms with Gasteiger partial charge in [0.25, 0.3) is 0 Å². The van der Waals surface area contributed by atoms with E-state index >= 15 is 0 Å². The van der Waals surface area contributed by atoms with Gasteiger partial charge in [0.05, 0.1) is 12.9 Å². The van der Waals surface area contributed by atoms with E-state index in [0.29, 0.717) is 24.0 Å². The third kappa shape index (κ3) is 2.93. The van der Waals surface area contributed by atoms with Gasteiger partial charge in [0.15, 0.2) is 11.5 Å². The van der Waals surface area contributed by atoms with Gasteiger partial charge in [-0.25, -0.2) is 4.98 Å². The molecular weight excluding hydrogens is 270 g/mol. The Hall–Kier alpha value is -2.64. The van der Waals surface area contributed by atoms with Gasteiger partial charge in [-0.15, -0.1) is 0 Å². The Balaban J connectivity index is 1.83. The molecular formula is C13H17N7O. The minimum atomic E-state index is 0.524. The van der Waals surface area contributed by atoms with E-state index in [-0.39, 0.29) is 0 Å². The van der Waals surface area contributed by atoms with Crippen molar-refractivity contribution in [2.45, 2.75) is 26.8 Å². The van der Waals surface area contributed by atoms with Crippen molar-refractivity contribution >= 4 is 22.9 Å². The maximum atomic E-state index is 5.05. The van der Waals surface area contributed by atoms with E-state index in [0.717, 1.165) is 29.9 Å². The fraction of sp³-hybridized carbons (Fsp3) is 0.385. The lowest BCUT2D eigenvalue weighted by molar-refractivity contribution is 0.391. The van der Waals surface area contributed by atoms with E-state index in [1.807, 2.05) is 13.0 Å². The number of hydrogen-bond donors (Lipinski definition) is 3. The molecule has 0 bridgehead atoms. The smallest absolute Gasteiger partial charge is 0.226 e. The Morgan fingerprint density at radius 3 is 2.95 bits per heavy atom. The molecule has 110 valence electrons. The molecule has 3 aromatic rings. The number of hydrogen-bond acceptors (Lipinski definition) is 7. The van der Waals surface area contributed by atoms with Crippen molar-refractivity contribution in [2.24, 2.45) is 0 Å². The van der Waals surface area contributed by atoms with Gasteiger partial charge in [-0.1, -0.05) is 12.1 Å². The molecule has 0 saturated heterocycles. The first-order valence-electron chi connectivity index (χ1n) is 6.87. The Morgan fingerprint density at radius 2 is 2.19 bits per heavy atom. The Kier molecular flexibility index (Phi) is 3.67. The van der Waals surface area contributed by atoms with Crippen LogP contribution in [-0.4, -0.2) is 31.6 Å². The summed E-state index contributed by atoms with van der Waals surface area (Å²) in [6, 6.07) is 1.88. The van der Waals surface area contributed by atoms with Gasteiger partial charge in [-0.2, -0.15) is 9.97 Å². The Bertz CT molecular complexity index is 733. The van der Waals surface area contributed by atoms with Crippen LogP contribution in [0.3, 0.4) is 0 Å². The lowest BCUT2D eigenvalue weighted by atomic mass is 10.3. The van der Waals surface area contributed by atoms with Gasteiger partial charge >= 0.3 is 0 Å². The lowest BCUT2D eigenvalue weighted by Gasteiger charge is -2.07. The zero-order valence-electron chi connectivity index (χ0n) is 12.0. The zero-order valence-corrected chi connectivity index (χ0v) is 12.0. The molecule has 3 aromatic heterocycles. The van der Waals surface area contributed by atoms with E-state index < -0.39 is 0 Å². The summed E-state index contributed by atoms with van der Waals surface area (Å²) in [4.78, 5) is 16.1. The normalized spacial score (nSPS) is 11.0. The summed E-state index contributed by atoms with van der Waals surface area (Å²) in [5.74, 6) is 2.04. The van der Waals surface area contributed by atoms with E-state index in [4.69, 9.17) is 4.52 Å². The summed E-state index contributed by atoms with van der Waals surface area (Å²) in [6.07, 6.45) is 2.61. The zero-order chi connectivity index (χ0) is 14.7. The van der Waals surface area contributed by atoms with Crippen molar-refractivity contribution in [3.05, 3.63) is 23.8 Å². The predicted molar refractivity (Wildman–Crippen MR) is 79.0 cm³/mol. The van der Waals surface area contributed by atoms with Crippen LogP contribution < -0.4 is 10.6 Å². The topological polar surface area (TPSA) is 105 Å². The quantitative estimate of drug-likeness (QED) is 0.637. The van der Waals surface area contributed by atoms with E-state index in [9.17, 15) is 0 Å². The highest BCUT2D eigenvalue weighted by atomic mass is 16.5. The van der Waals surface area contributed by atoms with Crippen molar-refractivity contribution in [1.29, 1.82) is 0 Å². The highest BCUT2D eigenvalue weighted by Crippen LogP contribution is 2.19. The summed E-state index contributed by atoms with van der Waals surface area (Å²) in [5.41, 5.74) is 2.22. The molecule has 0 saturated carbocycles. The number of imidazole rings is 1. The Morgan fingerprint density at radius 1 is 1.29 bits per heavy atom. The van der Waals surface area contributed by atoms with Crippen LogP contribution >= 0.6 is 0 Å². The monoisotopic (exact) mass is 287 g/mol. The molecule has 0 aliphatic rings. The summed E-state index contributed by atoms with van der Waals surface area (Å²) in [7, 11) is 0. The van der Waals surface area contributed by atoms with Gasteiger partial charge < -0.3 is 20.1 Å². The average Bonchev–Trinajstić information content (AvgIpc) is 3.11. The molecule has 0 spiro atoms. The molecule has 0 aliphatic heterocycles. The number of H-pyrrole nitrogens is 1. The molecule has 8 nitrogen and oxygen atoms in total. The van der Waals surface area contributed by atoms with Gasteiger partial charge in [-0.05, 0) is 13.3 Å². The molecule has 3 N–H and O–H groups in total. The number of fused-ring (bicyclic) bond motifs is 1. The van der Waals surface area contributed by atoms with Crippen LogP contribution in [0.1, 0.15) is 24.8 Å². The van der Waals surface area contributed by atoms with Crippen LogP contribution in [0.15, 0.2) is 16.9 Å². The van der Waals surface area contributed by atoms with E-state index in [1.54, 1.807) is 6.33 Å². The van der Waals surface area contributed by atoms with Crippen LogP contribution in [-0.2, 0) is 6.54 Å². The van der Waals surface area contributed by atoms with Crippen molar-refractivity contribution in [3.8, 4) is 0 Å². The summed E-state index contributed by atoms with van der Waals surface area (Å²) in [6.45, 7) is 5.29. The molecule has 0 amide bonds. The predicted octanol–water partition coefficient (Wildman–Crippen LogP) is 2.08. The highest BCUT2D eigenvalue weighted by molar-refractivity contribution is 5.83. The molecule has 0 fully saturated rings. The largest absolute Gasteiger partial charge is 0.362 e. The van der Waals surface area contributed by atoms with Gasteiger partial charge in [0, 0.05) is 12.6 Å². The van der Waals surface area contributed by atoms with Crippen LogP contribution in [0.25, 0.3) is 11.2 Å². The average molecular weight is 287 g/mol. The standard InChI is InChI=1S/C13H17N7O/c1-3-4-14-13-18-11(10-12(19-13)17-7-16-10)15-6-9-5-8(2)21-20-9/h5,7H,3-4,6H2,1-2H3,(H3,14,15,16,17,18,19). The van der Waals surface area contributed by atoms with Crippen LogP contribution in [0.5, 0.6) is 0 Å². The first-order valence-corrected chi connectivity index (χ1v) is 6.87. The fourth-order valence-electron chi connectivity index (χ4n) is 1.95. The second-order valence-corrected chi connectivity index (χ2v) is 4.71. The third-order valence-electron chi connectivity index (χ3n) is 2.93. The van der Waals surface area contributed by atoms with Gasteiger partial charge in [0.2, 0.25) is 5.95 Å². The van der Waals surface area contributed by atoms with Crippen LogP contribution in [0.4, 0.5) is 11.8 Å². The molecule has 0 atom stereocenters. The van der Waals surface area contributed by atoms with E-state index in [2.05, 4.69) is 42.6 Å². The minimum Gasteiger partial charge on any atom is -0.362 e. The number of aryl methyl sites for hydroxylation is 1.